The summed E-state index contributed by atoms with van der Waals surface area (Å²) < 4.78 is 9.75. The van der Waals surface area contributed by atoms with E-state index in [2.05, 4.69) is 0 Å². The number of hydrogen-bond acceptors (Lipinski definition) is 1. The monoisotopic (exact) mass is 124 g/mol. The van der Waals surface area contributed by atoms with Crippen molar-refractivity contribution in [2.45, 2.75) is 12.6 Å². The maximum Gasteiger partial charge on any atom is 0.159 e. The molecular weight excluding hydrogens is 118 g/mol. The number of hydrogen-bond donors (Lipinski definition) is 0. The fourth-order valence-corrected chi connectivity index (χ4v) is 0.254. The van der Waals surface area contributed by atoms with Gasteiger partial charge in [0.1, 0.15) is 0 Å². The van der Waals surface area contributed by atoms with Crippen molar-refractivity contribution >= 4 is 20.1 Å². The van der Waals surface area contributed by atoms with Crippen molar-refractivity contribution in [2.75, 3.05) is 5.88 Å². The molecule has 0 aromatic rings. The molecule has 3 heteroatoms. The van der Waals surface area contributed by atoms with Crippen LogP contribution >= 0.6 is 20.1 Å². The minimum Gasteiger partial charge on any atom is -0.275 e. The fourth-order valence-electron chi connectivity index (χ4n) is 0.0282. The molecule has 0 heterocycles. The summed E-state index contributed by atoms with van der Waals surface area (Å²) in [5, 5.41) is 0. The molecule has 1 nitrogen and oxygen atoms in total. The summed E-state index contributed by atoms with van der Waals surface area (Å²) in [6, 6.07) is 0. The van der Waals surface area contributed by atoms with Gasteiger partial charge in [-0.15, -0.1) is 11.6 Å². The Morgan fingerprint density at radius 1 is 2.00 bits per heavy atom. The van der Waals surface area contributed by atoms with Crippen LogP contribution in [0.5, 0.6) is 0 Å². The van der Waals surface area contributed by atoms with E-state index in [0.29, 0.717) is 5.88 Å². The third kappa shape index (κ3) is 2.62. The lowest BCUT2D eigenvalue weighted by Gasteiger charge is -1.85. The summed E-state index contributed by atoms with van der Waals surface area (Å²) in [5.41, 5.74) is 0.117. The highest BCUT2D eigenvalue weighted by Gasteiger charge is 1.92. The van der Waals surface area contributed by atoms with E-state index in [1.807, 2.05) is 6.92 Å². The van der Waals surface area contributed by atoms with Gasteiger partial charge >= 0.3 is 0 Å². The second kappa shape index (κ2) is 3.58. The first kappa shape index (κ1) is 6.39. The topological polar surface area (TPSA) is 17.1 Å². The SMILES string of the molecule is CC(CCl)P=O. The van der Waals surface area contributed by atoms with Crippen LogP contribution in [0.4, 0.5) is 0 Å². The average molecular weight is 125 g/mol. The van der Waals surface area contributed by atoms with Crippen molar-refractivity contribution in [3.63, 3.8) is 0 Å². The van der Waals surface area contributed by atoms with Crippen molar-refractivity contribution < 1.29 is 4.57 Å². The highest BCUT2D eigenvalue weighted by atomic mass is 35.5. The maximum absolute atomic E-state index is 9.75. The number of rotatable bonds is 2. The summed E-state index contributed by atoms with van der Waals surface area (Å²) >= 11 is 5.25. The molecule has 0 rings (SSSR count). The second-order valence-corrected chi connectivity index (χ2v) is 2.51. The molecule has 0 aliphatic rings. The number of halogens is 1. The van der Waals surface area contributed by atoms with Crippen LogP contribution in [0.25, 0.3) is 0 Å². The minimum absolute atomic E-state index is 0.117. The Labute approximate surface area is 43.9 Å². The van der Waals surface area contributed by atoms with Gasteiger partial charge in [-0.3, -0.25) is 4.57 Å². The van der Waals surface area contributed by atoms with Crippen LogP contribution in [0.15, 0.2) is 0 Å². The van der Waals surface area contributed by atoms with Gasteiger partial charge in [-0.05, 0) is 0 Å². The minimum atomic E-state index is 0.117. The molecule has 0 saturated carbocycles. The van der Waals surface area contributed by atoms with Crippen LogP contribution in [-0.2, 0) is 4.57 Å². The molecule has 0 radical (unpaired) electrons. The summed E-state index contributed by atoms with van der Waals surface area (Å²) in [4.78, 5) is 0. The van der Waals surface area contributed by atoms with Crippen LogP contribution in [0.2, 0.25) is 0 Å². The zero-order chi connectivity index (χ0) is 4.99. The second-order valence-electron chi connectivity index (χ2n) is 1.11. The lowest BCUT2D eigenvalue weighted by atomic mass is 10.6. The predicted octanol–water partition coefficient (Wildman–Crippen LogP) is 1.91. The molecule has 0 aliphatic heterocycles. The molecule has 0 aliphatic carbocycles. The first-order chi connectivity index (χ1) is 2.81. The van der Waals surface area contributed by atoms with Gasteiger partial charge in [0.15, 0.2) is 8.46 Å². The molecule has 0 saturated heterocycles. The molecule has 1 atom stereocenters. The van der Waals surface area contributed by atoms with Crippen LogP contribution in [-0.4, -0.2) is 11.5 Å². The average Bonchev–Trinajstić information content (AvgIpc) is 1.65. The molecule has 0 bridgehead atoms. The highest BCUT2D eigenvalue weighted by Crippen LogP contribution is 2.04. The van der Waals surface area contributed by atoms with E-state index in [1.54, 1.807) is 0 Å². The lowest BCUT2D eigenvalue weighted by Crippen LogP contribution is -1.88. The Hall–Kier alpha value is 0.390. The van der Waals surface area contributed by atoms with Gasteiger partial charge in [0.2, 0.25) is 0 Å². The van der Waals surface area contributed by atoms with Gasteiger partial charge in [-0.25, -0.2) is 0 Å². The number of alkyl halides is 1. The molecule has 0 fully saturated rings. The summed E-state index contributed by atoms with van der Waals surface area (Å²) in [5.74, 6) is 0.477. The Morgan fingerprint density at radius 3 is 2.50 bits per heavy atom. The first-order valence-corrected chi connectivity index (χ1v) is 3.11. The zero-order valence-corrected chi connectivity index (χ0v) is 5.17. The van der Waals surface area contributed by atoms with Crippen LogP contribution < -0.4 is 0 Å². The van der Waals surface area contributed by atoms with E-state index < -0.39 is 0 Å². The lowest BCUT2D eigenvalue weighted by molar-refractivity contribution is 0.594. The summed E-state index contributed by atoms with van der Waals surface area (Å²) in [6.07, 6.45) is 0. The van der Waals surface area contributed by atoms with E-state index in [-0.39, 0.29) is 14.1 Å². The van der Waals surface area contributed by atoms with Gasteiger partial charge in [-0.2, -0.15) is 0 Å². The van der Waals surface area contributed by atoms with Gasteiger partial charge in [0.05, 0.1) is 5.66 Å². The zero-order valence-electron chi connectivity index (χ0n) is 3.52. The quantitative estimate of drug-likeness (QED) is 0.406. The van der Waals surface area contributed by atoms with E-state index in [0.717, 1.165) is 0 Å². The van der Waals surface area contributed by atoms with E-state index in [9.17, 15) is 4.57 Å². The molecule has 6 heavy (non-hydrogen) atoms. The molecule has 0 amide bonds. The van der Waals surface area contributed by atoms with Crippen molar-refractivity contribution in [3.05, 3.63) is 0 Å². The van der Waals surface area contributed by atoms with E-state index in [4.69, 9.17) is 11.6 Å². The van der Waals surface area contributed by atoms with Gasteiger partial charge < -0.3 is 0 Å². The Kier molecular flexibility index (Phi) is 3.81. The van der Waals surface area contributed by atoms with Crippen LogP contribution in [0.3, 0.4) is 0 Å². The molecule has 0 N–H and O–H groups in total. The molecule has 0 spiro atoms. The normalized spacial score (nSPS) is 15.0. The van der Waals surface area contributed by atoms with Gasteiger partial charge in [-0.1, -0.05) is 6.92 Å². The van der Waals surface area contributed by atoms with Crippen molar-refractivity contribution in [1.82, 2.24) is 0 Å². The molecule has 0 aromatic heterocycles. The van der Waals surface area contributed by atoms with Crippen LogP contribution in [0.1, 0.15) is 6.92 Å². The predicted molar refractivity (Wildman–Crippen MR) is 27.8 cm³/mol. The van der Waals surface area contributed by atoms with E-state index >= 15 is 0 Å². The smallest absolute Gasteiger partial charge is 0.159 e. The third-order valence-electron chi connectivity index (χ3n) is 0.403. The Morgan fingerprint density at radius 2 is 2.50 bits per heavy atom. The summed E-state index contributed by atoms with van der Waals surface area (Å²) in [6.45, 7) is 1.82. The standard InChI is InChI=1S/C3H6ClOP/c1-3(2-4)6-5/h3H,2H2,1H3. The molecule has 36 valence electrons. The first-order valence-electron chi connectivity index (χ1n) is 1.69. The highest BCUT2D eigenvalue weighted by molar-refractivity contribution is 7.24. The van der Waals surface area contributed by atoms with Gasteiger partial charge in [0, 0.05) is 5.88 Å². The third-order valence-corrected chi connectivity index (χ3v) is 1.62. The van der Waals surface area contributed by atoms with Crippen molar-refractivity contribution in [3.8, 4) is 0 Å². The summed E-state index contributed by atoms with van der Waals surface area (Å²) in [7, 11) is 0.146. The fraction of sp³-hybridized carbons (Fsp3) is 1.00. The molecule has 0 aromatic carbocycles. The van der Waals surface area contributed by atoms with Crippen LogP contribution in [0, 0.1) is 0 Å². The molecular formula is C3H6ClOP. The Balaban J connectivity index is 2.96. The maximum atomic E-state index is 9.75. The van der Waals surface area contributed by atoms with Crippen molar-refractivity contribution in [2.24, 2.45) is 0 Å². The van der Waals surface area contributed by atoms with Crippen molar-refractivity contribution in [1.29, 1.82) is 0 Å². The molecule has 1 unspecified atom stereocenters. The largest absolute Gasteiger partial charge is 0.275 e. The Bertz CT molecular complexity index is 48.1. The van der Waals surface area contributed by atoms with Gasteiger partial charge in [0.25, 0.3) is 0 Å². The van der Waals surface area contributed by atoms with E-state index in [1.165, 1.54) is 0 Å².